The van der Waals surface area contributed by atoms with Gasteiger partial charge in [0, 0.05) is 36.1 Å². The van der Waals surface area contributed by atoms with E-state index in [2.05, 4.69) is 0 Å². The van der Waals surface area contributed by atoms with Crippen LogP contribution in [-0.2, 0) is 16.1 Å². The molecule has 0 bridgehead atoms. The molecule has 2 aliphatic heterocycles. The van der Waals surface area contributed by atoms with Crippen molar-refractivity contribution in [2.24, 2.45) is 5.92 Å². The number of ether oxygens (including phenoxy) is 1. The number of carbonyl (C=O) groups is 2. The number of hydrogen-bond acceptors (Lipinski definition) is 3. The smallest absolute Gasteiger partial charge is 0.227 e. The molecule has 2 amide bonds. The molecule has 1 saturated carbocycles. The van der Waals surface area contributed by atoms with Crippen molar-refractivity contribution in [3.8, 4) is 5.75 Å². The van der Waals surface area contributed by atoms with Gasteiger partial charge in [0.1, 0.15) is 12.4 Å². The number of rotatable bonds is 2. The number of likely N-dealkylation sites (tertiary alicyclic amines) is 1. The van der Waals surface area contributed by atoms with Crippen LogP contribution in [0.25, 0.3) is 0 Å². The molecule has 2 heterocycles. The topological polar surface area (TPSA) is 49.9 Å². The minimum atomic E-state index is -0.110. The molecule has 3 aliphatic rings. The summed E-state index contributed by atoms with van der Waals surface area (Å²) in [5.74, 6) is 1.06. The molecule has 1 atom stereocenters. The zero-order valence-corrected chi connectivity index (χ0v) is 17.1. The first-order valence-electron chi connectivity index (χ1n) is 10.6. The minimum absolute atomic E-state index is 0.110. The fraction of sp³-hybridized carbons (Fsp3) is 0.636. The number of halogens is 1. The van der Waals surface area contributed by atoms with Crippen LogP contribution in [0.15, 0.2) is 18.2 Å². The van der Waals surface area contributed by atoms with E-state index < -0.39 is 0 Å². The molecule has 1 aliphatic carbocycles. The third kappa shape index (κ3) is 4.29. The number of piperidine rings is 1. The molecule has 0 N–H and O–H groups in total. The Morgan fingerprint density at radius 3 is 2.68 bits per heavy atom. The average molecular weight is 405 g/mol. The van der Waals surface area contributed by atoms with Crippen LogP contribution in [0.2, 0.25) is 5.02 Å². The fourth-order valence-electron chi connectivity index (χ4n) is 4.80. The molecular weight excluding hydrogens is 376 g/mol. The van der Waals surface area contributed by atoms with E-state index in [0.717, 1.165) is 24.2 Å². The van der Waals surface area contributed by atoms with E-state index in [4.69, 9.17) is 16.3 Å². The highest BCUT2D eigenvalue weighted by Crippen LogP contribution is 2.30. The Kier molecular flexibility index (Phi) is 6.10. The lowest BCUT2D eigenvalue weighted by molar-refractivity contribution is -0.145. The SMILES string of the molecule is O=C(C1CCC(=O)N(C2CCCCCC2)C1)N1CCOc2ccc(Cl)cc2C1. The number of nitrogens with zero attached hydrogens (tertiary/aromatic N) is 2. The van der Waals surface area contributed by atoms with Crippen LogP contribution >= 0.6 is 11.6 Å². The highest BCUT2D eigenvalue weighted by Gasteiger charge is 2.36. The van der Waals surface area contributed by atoms with E-state index in [0.29, 0.717) is 50.1 Å². The molecule has 152 valence electrons. The average Bonchev–Trinajstić information content (AvgIpc) is 3.08. The highest BCUT2D eigenvalue weighted by molar-refractivity contribution is 6.30. The van der Waals surface area contributed by atoms with Gasteiger partial charge in [0.05, 0.1) is 12.5 Å². The summed E-state index contributed by atoms with van der Waals surface area (Å²) in [7, 11) is 0. The summed E-state index contributed by atoms with van der Waals surface area (Å²) < 4.78 is 5.80. The van der Waals surface area contributed by atoms with E-state index in [1.165, 1.54) is 25.7 Å². The van der Waals surface area contributed by atoms with Gasteiger partial charge < -0.3 is 14.5 Å². The maximum atomic E-state index is 13.3. The molecule has 1 aromatic rings. The van der Waals surface area contributed by atoms with Gasteiger partial charge in [-0.15, -0.1) is 0 Å². The van der Waals surface area contributed by atoms with E-state index in [1.54, 1.807) is 0 Å². The van der Waals surface area contributed by atoms with E-state index in [1.807, 2.05) is 28.0 Å². The van der Waals surface area contributed by atoms with Crippen molar-refractivity contribution in [3.63, 3.8) is 0 Å². The maximum Gasteiger partial charge on any atom is 0.227 e. The molecule has 4 rings (SSSR count). The normalized spacial score (nSPS) is 24.2. The Morgan fingerprint density at radius 1 is 1.11 bits per heavy atom. The highest BCUT2D eigenvalue weighted by atomic mass is 35.5. The van der Waals surface area contributed by atoms with Crippen LogP contribution in [0.1, 0.15) is 56.9 Å². The summed E-state index contributed by atoms with van der Waals surface area (Å²) in [6.45, 7) is 2.14. The van der Waals surface area contributed by atoms with E-state index >= 15 is 0 Å². The lowest BCUT2D eigenvalue weighted by atomic mass is 9.93. The third-order valence-corrected chi connectivity index (χ3v) is 6.61. The Hall–Kier alpha value is -1.75. The van der Waals surface area contributed by atoms with Crippen LogP contribution in [0, 0.1) is 5.92 Å². The van der Waals surface area contributed by atoms with Crippen molar-refractivity contribution in [2.45, 2.75) is 64.0 Å². The first-order chi connectivity index (χ1) is 13.6. The lowest BCUT2D eigenvalue weighted by Crippen LogP contribution is -2.50. The summed E-state index contributed by atoms with van der Waals surface area (Å²) in [4.78, 5) is 29.8. The summed E-state index contributed by atoms with van der Waals surface area (Å²) >= 11 is 6.14. The van der Waals surface area contributed by atoms with Gasteiger partial charge in [-0.1, -0.05) is 37.3 Å². The molecule has 2 fully saturated rings. The van der Waals surface area contributed by atoms with Gasteiger partial charge in [-0.3, -0.25) is 9.59 Å². The second-order valence-electron chi connectivity index (χ2n) is 8.29. The summed E-state index contributed by atoms with van der Waals surface area (Å²) in [6.07, 6.45) is 8.20. The summed E-state index contributed by atoms with van der Waals surface area (Å²) in [6, 6.07) is 5.89. The quantitative estimate of drug-likeness (QED) is 0.699. The van der Waals surface area contributed by atoms with Crippen LogP contribution < -0.4 is 4.74 Å². The summed E-state index contributed by atoms with van der Waals surface area (Å²) in [5, 5.41) is 0.652. The first kappa shape index (κ1) is 19.6. The van der Waals surface area contributed by atoms with Gasteiger partial charge in [0.25, 0.3) is 0 Å². The zero-order chi connectivity index (χ0) is 19.5. The van der Waals surface area contributed by atoms with Crippen LogP contribution in [0.4, 0.5) is 0 Å². The van der Waals surface area contributed by atoms with Crippen molar-refractivity contribution in [1.82, 2.24) is 9.80 Å². The van der Waals surface area contributed by atoms with E-state index in [-0.39, 0.29) is 17.7 Å². The Balaban J connectivity index is 1.45. The molecular formula is C22H29ClN2O3. The number of benzene rings is 1. The van der Waals surface area contributed by atoms with Gasteiger partial charge in [-0.2, -0.15) is 0 Å². The van der Waals surface area contributed by atoms with Crippen molar-refractivity contribution in [1.29, 1.82) is 0 Å². The monoisotopic (exact) mass is 404 g/mol. The maximum absolute atomic E-state index is 13.3. The van der Waals surface area contributed by atoms with Crippen LogP contribution in [0.5, 0.6) is 5.75 Å². The number of amides is 2. The number of fused-ring (bicyclic) bond motifs is 1. The van der Waals surface area contributed by atoms with Crippen LogP contribution in [-0.4, -0.2) is 47.4 Å². The largest absolute Gasteiger partial charge is 0.491 e. The lowest BCUT2D eigenvalue weighted by Gasteiger charge is -2.39. The molecule has 28 heavy (non-hydrogen) atoms. The van der Waals surface area contributed by atoms with Crippen LogP contribution in [0.3, 0.4) is 0 Å². The zero-order valence-electron chi connectivity index (χ0n) is 16.4. The fourth-order valence-corrected chi connectivity index (χ4v) is 5.00. The van der Waals surface area contributed by atoms with E-state index in [9.17, 15) is 9.59 Å². The van der Waals surface area contributed by atoms with Gasteiger partial charge in [0.15, 0.2) is 0 Å². The van der Waals surface area contributed by atoms with Crippen molar-refractivity contribution >= 4 is 23.4 Å². The Labute approximate surface area is 172 Å². The molecule has 1 saturated heterocycles. The predicted molar refractivity (Wildman–Crippen MR) is 108 cm³/mol. The predicted octanol–water partition coefficient (Wildman–Crippen LogP) is 4.02. The molecule has 0 aromatic heterocycles. The molecule has 1 aromatic carbocycles. The molecule has 5 nitrogen and oxygen atoms in total. The standard InChI is InChI=1S/C22H29ClN2O3/c23-18-8-9-20-17(13-18)14-24(11-12-28-20)22(27)16-7-10-21(26)25(15-16)19-5-3-1-2-4-6-19/h8-9,13,16,19H,1-7,10-12,14-15H2. The first-order valence-corrected chi connectivity index (χ1v) is 11.0. The number of carbonyl (C=O) groups excluding carboxylic acids is 2. The molecule has 0 spiro atoms. The second-order valence-corrected chi connectivity index (χ2v) is 8.72. The molecule has 1 unspecified atom stereocenters. The van der Waals surface area contributed by atoms with Gasteiger partial charge in [0.2, 0.25) is 11.8 Å². The third-order valence-electron chi connectivity index (χ3n) is 6.37. The van der Waals surface area contributed by atoms with Crippen molar-refractivity contribution < 1.29 is 14.3 Å². The van der Waals surface area contributed by atoms with Crippen molar-refractivity contribution in [2.75, 3.05) is 19.7 Å². The molecule has 6 heteroatoms. The second kappa shape index (κ2) is 8.73. The van der Waals surface area contributed by atoms with Gasteiger partial charge in [-0.05, 0) is 37.5 Å². The van der Waals surface area contributed by atoms with Gasteiger partial charge in [-0.25, -0.2) is 0 Å². The minimum Gasteiger partial charge on any atom is -0.491 e. The Bertz CT molecular complexity index is 730. The summed E-state index contributed by atoms with van der Waals surface area (Å²) in [5.41, 5.74) is 0.950. The van der Waals surface area contributed by atoms with Gasteiger partial charge >= 0.3 is 0 Å². The van der Waals surface area contributed by atoms with Crippen molar-refractivity contribution in [3.05, 3.63) is 28.8 Å². The molecule has 0 radical (unpaired) electrons. The number of hydrogen-bond donors (Lipinski definition) is 0. The Morgan fingerprint density at radius 2 is 1.89 bits per heavy atom.